The molecule has 0 amide bonds. The zero-order valence-electron chi connectivity index (χ0n) is 18.8. The van der Waals surface area contributed by atoms with Crippen molar-refractivity contribution in [2.24, 2.45) is 0 Å². The molecule has 0 fully saturated rings. The molecule has 3 aromatic carbocycles. The molecule has 5 N–H and O–H groups in total. The summed E-state index contributed by atoms with van der Waals surface area (Å²) in [6.07, 6.45) is 3.53. The number of aromatic hydroxyl groups is 2. The van der Waals surface area contributed by atoms with Gasteiger partial charge in [-0.05, 0) is 37.3 Å². The van der Waals surface area contributed by atoms with E-state index < -0.39 is 0 Å². The lowest BCUT2D eigenvalue weighted by Crippen LogP contribution is -1.98. The Bertz CT molecular complexity index is 1900. The van der Waals surface area contributed by atoms with Crippen molar-refractivity contribution in [2.75, 3.05) is 0 Å². The van der Waals surface area contributed by atoms with E-state index in [0.717, 1.165) is 49.7 Å². The number of rotatable bonds is 3. The lowest BCUT2D eigenvalue weighted by molar-refractivity contribution is 0.388. The summed E-state index contributed by atoms with van der Waals surface area (Å²) in [6, 6.07) is 21.7. The van der Waals surface area contributed by atoms with Crippen molar-refractivity contribution in [1.29, 1.82) is 0 Å². The van der Waals surface area contributed by atoms with E-state index >= 15 is 0 Å². The fourth-order valence-corrected chi connectivity index (χ4v) is 5.21. The minimum Gasteiger partial charge on any atom is -0.503 e. The fraction of sp³-hybridized carbons (Fsp3) is 0.0357. The Kier molecular flexibility index (Phi) is 3.93. The summed E-state index contributed by atoms with van der Waals surface area (Å²) in [4.78, 5) is 14.2. The quantitative estimate of drug-likeness (QED) is 0.212. The second-order valence-electron chi connectivity index (χ2n) is 8.75. The predicted molar refractivity (Wildman–Crippen MR) is 138 cm³/mol. The van der Waals surface area contributed by atoms with Crippen molar-refractivity contribution in [3.05, 3.63) is 84.9 Å². The second kappa shape index (κ2) is 7.04. The normalized spacial score (nSPS) is 11.8. The van der Waals surface area contributed by atoms with Gasteiger partial charge in [0.05, 0.1) is 34.3 Å². The third kappa shape index (κ3) is 2.69. The van der Waals surface area contributed by atoms with Gasteiger partial charge in [0.25, 0.3) is 0 Å². The molecule has 0 radical (unpaired) electrons. The number of aryl methyl sites for hydroxylation is 1. The van der Waals surface area contributed by atoms with Crippen molar-refractivity contribution in [3.63, 3.8) is 0 Å². The number of imidazole rings is 1. The van der Waals surface area contributed by atoms with Gasteiger partial charge in [0.2, 0.25) is 5.88 Å². The molecule has 0 bridgehead atoms. The molecule has 7 rings (SSSR count). The van der Waals surface area contributed by atoms with Crippen LogP contribution in [0.1, 0.15) is 5.69 Å². The Morgan fingerprint density at radius 2 is 1.57 bits per heavy atom. The van der Waals surface area contributed by atoms with E-state index in [1.165, 1.54) is 0 Å². The summed E-state index contributed by atoms with van der Waals surface area (Å²) in [5.74, 6) is -0.386. The number of nitrogens with one attached hydrogen (secondary N) is 3. The number of aromatic nitrogens is 5. The largest absolute Gasteiger partial charge is 0.503 e. The Hall–Kier alpha value is -4.91. The molecule has 0 saturated heterocycles. The highest BCUT2D eigenvalue weighted by Crippen LogP contribution is 2.52. The summed E-state index contributed by atoms with van der Waals surface area (Å²) in [7, 11) is 0. The van der Waals surface area contributed by atoms with Crippen LogP contribution in [-0.4, -0.2) is 34.7 Å². The van der Waals surface area contributed by atoms with Gasteiger partial charge in [0.1, 0.15) is 0 Å². The van der Waals surface area contributed by atoms with Crippen molar-refractivity contribution in [1.82, 2.24) is 24.5 Å². The van der Waals surface area contributed by atoms with E-state index in [-0.39, 0.29) is 11.6 Å². The van der Waals surface area contributed by atoms with Gasteiger partial charge in [-0.1, -0.05) is 36.4 Å². The van der Waals surface area contributed by atoms with Crippen LogP contribution in [0, 0.1) is 6.92 Å². The SMILES string of the molecule is Cc1[nH]c2ccccc2c1-c1c(-c2c[nH]c3ccccc23)c(O)c(O)n1-c1ccc2nc[nH]c2c1. The Morgan fingerprint density at radius 3 is 2.43 bits per heavy atom. The second-order valence-corrected chi connectivity index (χ2v) is 8.75. The lowest BCUT2D eigenvalue weighted by Gasteiger charge is -2.13. The van der Waals surface area contributed by atoms with Gasteiger partial charge in [-0.15, -0.1) is 0 Å². The summed E-state index contributed by atoms with van der Waals surface area (Å²) in [5.41, 5.74) is 8.26. The molecule has 0 atom stereocenters. The average molecular weight is 460 g/mol. The summed E-state index contributed by atoms with van der Waals surface area (Å²) in [6.45, 7) is 2.01. The topological polar surface area (TPSA) is 106 Å². The van der Waals surface area contributed by atoms with E-state index in [9.17, 15) is 10.2 Å². The molecule has 0 aliphatic heterocycles. The van der Waals surface area contributed by atoms with Crippen LogP contribution in [0.5, 0.6) is 11.6 Å². The maximum Gasteiger partial charge on any atom is 0.240 e. The Balaban J connectivity index is 1.65. The minimum atomic E-state index is -0.219. The number of fused-ring (bicyclic) bond motifs is 3. The van der Waals surface area contributed by atoms with Gasteiger partial charge in [-0.3, -0.25) is 4.57 Å². The van der Waals surface area contributed by atoms with Crippen molar-refractivity contribution >= 4 is 32.8 Å². The lowest BCUT2D eigenvalue weighted by atomic mass is 9.98. The zero-order chi connectivity index (χ0) is 23.7. The summed E-state index contributed by atoms with van der Waals surface area (Å²) in [5, 5.41) is 24.8. The number of benzene rings is 3. The zero-order valence-corrected chi connectivity index (χ0v) is 18.8. The van der Waals surface area contributed by atoms with Crippen molar-refractivity contribution in [3.8, 4) is 39.7 Å². The molecule has 0 saturated carbocycles. The van der Waals surface area contributed by atoms with Gasteiger partial charge in [-0.2, -0.15) is 0 Å². The molecule has 0 spiro atoms. The number of nitrogens with zero attached hydrogens (tertiary/aromatic N) is 2. The molecule has 170 valence electrons. The third-order valence-electron chi connectivity index (χ3n) is 6.77. The van der Waals surface area contributed by atoms with Crippen LogP contribution >= 0.6 is 0 Å². The first-order valence-electron chi connectivity index (χ1n) is 11.4. The van der Waals surface area contributed by atoms with Crippen molar-refractivity contribution < 1.29 is 10.2 Å². The molecule has 35 heavy (non-hydrogen) atoms. The van der Waals surface area contributed by atoms with E-state index in [2.05, 4.69) is 26.0 Å². The summed E-state index contributed by atoms with van der Waals surface area (Å²) < 4.78 is 1.72. The molecule has 7 nitrogen and oxygen atoms in total. The van der Waals surface area contributed by atoms with Crippen LogP contribution in [0.25, 0.3) is 60.9 Å². The fourth-order valence-electron chi connectivity index (χ4n) is 5.21. The highest BCUT2D eigenvalue weighted by atomic mass is 16.3. The van der Waals surface area contributed by atoms with E-state index in [0.29, 0.717) is 16.9 Å². The monoisotopic (exact) mass is 459 g/mol. The van der Waals surface area contributed by atoms with Gasteiger partial charge in [0.15, 0.2) is 5.75 Å². The smallest absolute Gasteiger partial charge is 0.240 e. The van der Waals surface area contributed by atoms with Crippen LogP contribution in [-0.2, 0) is 0 Å². The number of hydrogen-bond acceptors (Lipinski definition) is 3. The van der Waals surface area contributed by atoms with Crippen LogP contribution < -0.4 is 0 Å². The van der Waals surface area contributed by atoms with Crippen LogP contribution in [0.4, 0.5) is 0 Å². The minimum absolute atomic E-state index is 0.167. The maximum absolute atomic E-state index is 11.4. The molecule has 0 aliphatic rings. The molecule has 0 aliphatic carbocycles. The number of hydrogen-bond donors (Lipinski definition) is 5. The standard InChI is InChI=1S/C28H21N5O2/c1-15-24(18-7-3-5-9-21(18)32-15)26-25(19-13-29-20-8-4-2-6-17(19)20)27(34)28(35)33(26)16-10-11-22-23(12-16)31-14-30-22/h2-14,29,32,34-35H,1H3,(H,30,31). The molecule has 0 unspecified atom stereocenters. The number of H-pyrrole nitrogens is 3. The highest BCUT2D eigenvalue weighted by Gasteiger charge is 2.30. The molecule has 4 heterocycles. The first-order valence-corrected chi connectivity index (χ1v) is 11.4. The third-order valence-corrected chi connectivity index (χ3v) is 6.77. The average Bonchev–Trinajstić information content (AvgIpc) is 3.63. The predicted octanol–water partition coefficient (Wildman–Crippen LogP) is 6.37. The molecule has 7 aromatic rings. The van der Waals surface area contributed by atoms with Gasteiger partial charge < -0.3 is 25.2 Å². The maximum atomic E-state index is 11.4. The number of para-hydroxylation sites is 2. The first kappa shape index (κ1) is 19.5. The van der Waals surface area contributed by atoms with Crippen molar-refractivity contribution in [2.45, 2.75) is 6.92 Å². The highest BCUT2D eigenvalue weighted by molar-refractivity contribution is 6.07. The van der Waals surface area contributed by atoms with Crippen LogP contribution in [0.15, 0.2) is 79.3 Å². The number of aromatic amines is 3. The van der Waals surface area contributed by atoms with E-state index in [1.54, 1.807) is 10.9 Å². The van der Waals surface area contributed by atoms with E-state index in [1.807, 2.05) is 73.8 Å². The van der Waals surface area contributed by atoms with Gasteiger partial charge in [0, 0.05) is 44.8 Å². The van der Waals surface area contributed by atoms with Crippen LogP contribution in [0.3, 0.4) is 0 Å². The molecule has 7 heteroatoms. The Labute approximate surface area is 199 Å². The van der Waals surface area contributed by atoms with Gasteiger partial charge >= 0.3 is 0 Å². The van der Waals surface area contributed by atoms with Crippen LogP contribution in [0.2, 0.25) is 0 Å². The Morgan fingerprint density at radius 1 is 0.800 bits per heavy atom. The molecular weight excluding hydrogens is 438 g/mol. The van der Waals surface area contributed by atoms with Gasteiger partial charge in [-0.25, -0.2) is 4.98 Å². The molecule has 4 aromatic heterocycles. The first-order chi connectivity index (χ1) is 17.1. The summed E-state index contributed by atoms with van der Waals surface area (Å²) >= 11 is 0. The van der Waals surface area contributed by atoms with E-state index in [4.69, 9.17) is 0 Å². The molecular formula is C28H21N5O2.